The van der Waals surface area contributed by atoms with E-state index in [2.05, 4.69) is 10.2 Å². The lowest BCUT2D eigenvalue weighted by Crippen LogP contribution is -2.52. The van der Waals surface area contributed by atoms with Gasteiger partial charge in [-0.2, -0.15) is 13.2 Å². The lowest BCUT2D eigenvalue weighted by atomic mass is 9.89. The lowest BCUT2D eigenvalue weighted by Gasteiger charge is -2.38. The maximum Gasteiger partial charge on any atom is 0.417 e. The molecule has 6 heteroatoms. The molecule has 1 aliphatic rings. The van der Waals surface area contributed by atoms with Crippen molar-refractivity contribution < 1.29 is 18.0 Å². The van der Waals surface area contributed by atoms with Gasteiger partial charge in [0.15, 0.2) is 0 Å². The third kappa shape index (κ3) is 3.75. The van der Waals surface area contributed by atoms with E-state index < -0.39 is 23.2 Å². The van der Waals surface area contributed by atoms with Crippen molar-refractivity contribution in [3.8, 4) is 0 Å². The van der Waals surface area contributed by atoms with Crippen molar-refractivity contribution in [3.05, 3.63) is 35.4 Å². The Morgan fingerprint density at radius 1 is 1.24 bits per heavy atom. The van der Waals surface area contributed by atoms with Gasteiger partial charge in [-0.1, -0.05) is 12.1 Å². The molecule has 1 aliphatic heterocycles. The topological polar surface area (TPSA) is 32.3 Å². The van der Waals surface area contributed by atoms with E-state index in [-0.39, 0.29) is 5.56 Å². The number of piperidine rings is 1. The second-order valence-electron chi connectivity index (χ2n) is 5.86. The van der Waals surface area contributed by atoms with Crippen LogP contribution in [0, 0.1) is 0 Å². The van der Waals surface area contributed by atoms with Crippen LogP contribution in [0.1, 0.15) is 35.7 Å². The zero-order valence-corrected chi connectivity index (χ0v) is 12.1. The second-order valence-corrected chi connectivity index (χ2v) is 5.86. The predicted octanol–water partition coefficient (Wildman–Crippen LogP) is 2.92. The largest absolute Gasteiger partial charge is 0.417 e. The van der Waals surface area contributed by atoms with Gasteiger partial charge in [-0.25, -0.2) is 0 Å². The molecule has 0 aliphatic carbocycles. The highest BCUT2D eigenvalue weighted by atomic mass is 19.4. The molecule has 116 valence electrons. The Kier molecular flexibility index (Phi) is 4.27. The van der Waals surface area contributed by atoms with E-state index in [4.69, 9.17) is 0 Å². The van der Waals surface area contributed by atoms with Gasteiger partial charge in [-0.05, 0) is 38.9 Å². The van der Waals surface area contributed by atoms with E-state index in [1.807, 2.05) is 14.0 Å². The van der Waals surface area contributed by atoms with Crippen molar-refractivity contribution in [3.63, 3.8) is 0 Å². The molecule has 1 N–H and O–H groups in total. The van der Waals surface area contributed by atoms with Gasteiger partial charge in [0.05, 0.1) is 11.1 Å². The van der Waals surface area contributed by atoms with E-state index in [0.29, 0.717) is 0 Å². The van der Waals surface area contributed by atoms with Crippen molar-refractivity contribution in [1.82, 2.24) is 10.2 Å². The zero-order chi connectivity index (χ0) is 15.7. The average Bonchev–Trinajstić information content (AvgIpc) is 2.41. The summed E-state index contributed by atoms with van der Waals surface area (Å²) < 4.78 is 38.8. The molecule has 0 unspecified atom stereocenters. The minimum absolute atomic E-state index is 0.315. The molecular weight excluding hydrogens is 281 g/mol. The first-order chi connectivity index (χ1) is 9.71. The molecule has 1 amide bonds. The third-order valence-corrected chi connectivity index (χ3v) is 3.98. The molecule has 0 atom stereocenters. The molecule has 1 saturated heterocycles. The van der Waals surface area contributed by atoms with Crippen molar-refractivity contribution in [2.24, 2.45) is 0 Å². The summed E-state index contributed by atoms with van der Waals surface area (Å²) in [5.41, 5.74) is -1.66. The summed E-state index contributed by atoms with van der Waals surface area (Å²) >= 11 is 0. The molecule has 1 fully saturated rings. The van der Waals surface area contributed by atoms with E-state index in [1.54, 1.807) is 0 Å². The number of amides is 1. The molecule has 3 nitrogen and oxygen atoms in total. The monoisotopic (exact) mass is 300 g/mol. The Hall–Kier alpha value is -1.56. The highest BCUT2D eigenvalue weighted by Gasteiger charge is 2.37. The summed E-state index contributed by atoms with van der Waals surface area (Å²) in [5.74, 6) is -0.657. The summed E-state index contributed by atoms with van der Waals surface area (Å²) in [6.07, 6.45) is -3.07. The molecule has 0 radical (unpaired) electrons. The maximum absolute atomic E-state index is 12.9. The first-order valence-corrected chi connectivity index (χ1v) is 6.89. The summed E-state index contributed by atoms with van der Waals surface area (Å²) in [7, 11) is 1.99. The Morgan fingerprint density at radius 2 is 1.81 bits per heavy atom. The van der Waals surface area contributed by atoms with Crippen LogP contribution in [0.25, 0.3) is 0 Å². The molecule has 0 spiro atoms. The highest BCUT2D eigenvalue weighted by molar-refractivity contribution is 5.96. The first kappa shape index (κ1) is 15.8. The predicted molar refractivity (Wildman–Crippen MR) is 74.0 cm³/mol. The number of benzene rings is 1. The van der Waals surface area contributed by atoms with Crippen LogP contribution in [0.4, 0.5) is 13.2 Å². The van der Waals surface area contributed by atoms with Crippen molar-refractivity contribution in [2.45, 2.75) is 31.5 Å². The molecule has 1 aromatic carbocycles. The van der Waals surface area contributed by atoms with E-state index in [9.17, 15) is 18.0 Å². The van der Waals surface area contributed by atoms with Gasteiger partial charge in [0, 0.05) is 18.6 Å². The van der Waals surface area contributed by atoms with Gasteiger partial charge in [-0.3, -0.25) is 4.79 Å². The fraction of sp³-hybridized carbons (Fsp3) is 0.533. The van der Waals surface area contributed by atoms with Gasteiger partial charge in [-0.15, -0.1) is 0 Å². The lowest BCUT2D eigenvalue weighted by molar-refractivity contribution is -0.138. The number of rotatable bonds is 2. The number of nitrogens with one attached hydrogen (secondary N) is 1. The maximum atomic E-state index is 12.9. The van der Waals surface area contributed by atoms with Gasteiger partial charge < -0.3 is 10.2 Å². The van der Waals surface area contributed by atoms with Crippen LogP contribution < -0.4 is 5.32 Å². The number of carbonyl (C=O) groups excluding carboxylic acids is 1. The Labute approximate surface area is 122 Å². The molecule has 2 rings (SSSR count). The number of nitrogens with zero attached hydrogens (tertiary/aromatic N) is 1. The Morgan fingerprint density at radius 3 is 2.38 bits per heavy atom. The molecule has 0 saturated carbocycles. The van der Waals surface area contributed by atoms with Crippen LogP contribution in [-0.4, -0.2) is 36.5 Å². The Bertz CT molecular complexity index is 520. The van der Waals surface area contributed by atoms with Crippen LogP contribution >= 0.6 is 0 Å². The zero-order valence-electron chi connectivity index (χ0n) is 12.1. The van der Waals surface area contributed by atoms with Crippen molar-refractivity contribution in [1.29, 1.82) is 0 Å². The van der Waals surface area contributed by atoms with Crippen LogP contribution in [0.2, 0.25) is 0 Å². The molecular formula is C15H19F3N2O. The second kappa shape index (κ2) is 5.67. The van der Waals surface area contributed by atoms with E-state index in [0.717, 1.165) is 32.0 Å². The van der Waals surface area contributed by atoms with Crippen molar-refractivity contribution in [2.75, 3.05) is 20.1 Å². The van der Waals surface area contributed by atoms with Crippen LogP contribution in [-0.2, 0) is 6.18 Å². The van der Waals surface area contributed by atoms with Crippen LogP contribution in [0.3, 0.4) is 0 Å². The summed E-state index contributed by atoms with van der Waals surface area (Å²) in [6, 6.07) is 4.89. The average molecular weight is 300 g/mol. The summed E-state index contributed by atoms with van der Waals surface area (Å²) in [4.78, 5) is 14.4. The minimum atomic E-state index is -4.53. The quantitative estimate of drug-likeness (QED) is 0.911. The summed E-state index contributed by atoms with van der Waals surface area (Å²) in [6.45, 7) is 3.52. The number of hydrogen-bond donors (Lipinski definition) is 1. The van der Waals surface area contributed by atoms with Gasteiger partial charge in [0.2, 0.25) is 0 Å². The minimum Gasteiger partial charge on any atom is -0.347 e. The number of hydrogen-bond acceptors (Lipinski definition) is 2. The fourth-order valence-electron chi connectivity index (χ4n) is 2.51. The number of halogens is 3. The van der Waals surface area contributed by atoms with E-state index >= 15 is 0 Å². The fourth-order valence-corrected chi connectivity index (χ4v) is 2.51. The highest BCUT2D eigenvalue weighted by Crippen LogP contribution is 2.32. The third-order valence-electron chi connectivity index (χ3n) is 3.98. The SMILES string of the molecule is CN1CCC(C)(NC(=O)c2ccccc2C(F)(F)F)CC1. The molecule has 1 heterocycles. The Balaban J connectivity index is 2.18. The molecule has 21 heavy (non-hydrogen) atoms. The number of likely N-dealkylation sites (tertiary alicyclic amines) is 1. The molecule has 0 aromatic heterocycles. The van der Waals surface area contributed by atoms with Crippen molar-refractivity contribution >= 4 is 5.91 Å². The van der Waals surface area contributed by atoms with Gasteiger partial charge in [0.1, 0.15) is 0 Å². The standard InChI is InChI=1S/C15H19F3N2O/c1-14(7-9-20(2)10-8-14)19-13(21)11-5-3-4-6-12(11)15(16,17)18/h3-6H,7-10H2,1-2H3,(H,19,21). The number of carbonyl (C=O) groups is 1. The first-order valence-electron chi connectivity index (χ1n) is 6.89. The molecule has 0 bridgehead atoms. The van der Waals surface area contributed by atoms with Crippen LogP contribution in [0.15, 0.2) is 24.3 Å². The normalized spacial score (nSPS) is 19.3. The van der Waals surface area contributed by atoms with Gasteiger partial charge >= 0.3 is 6.18 Å². The smallest absolute Gasteiger partial charge is 0.347 e. The number of alkyl halides is 3. The van der Waals surface area contributed by atoms with E-state index in [1.165, 1.54) is 18.2 Å². The van der Waals surface area contributed by atoms with Crippen LogP contribution in [0.5, 0.6) is 0 Å². The van der Waals surface area contributed by atoms with Gasteiger partial charge in [0.25, 0.3) is 5.91 Å². The molecule has 1 aromatic rings. The summed E-state index contributed by atoms with van der Waals surface area (Å²) in [5, 5.41) is 2.78.